The van der Waals surface area contributed by atoms with Crippen molar-refractivity contribution in [3.63, 3.8) is 0 Å². The SMILES string of the molecule is O=C(NNc1ncnc(NCCc2ccccc2)c1[N+](=O)[O-])c1cccc(Cl)c1. The van der Waals surface area contributed by atoms with Crippen LogP contribution in [0.25, 0.3) is 0 Å². The van der Waals surface area contributed by atoms with Gasteiger partial charge in [0.05, 0.1) is 4.92 Å². The number of carbonyl (C=O) groups is 1. The maximum atomic E-state index is 12.2. The van der Waals surface area contributed by atoms with Gasteiger partial charge in [0, 0.05) is 17.1 Å². The third-order valence-corrected chi connectivity index (χ3v) is 4.17. The number of hydrazine groups is 1. The number of anilines is 2. The Kier molecular flexibility index (Phi) is 6.54. The van der Waals surface area contributed by atoms with Gasteiger partial charge in [-0.15, -0.1) is 0 Å². The molecule has 0 radical (unpaired) electrons. The van der Waals surface area contributed by atoms with E-state index in [0.29, 0.717) is 23.6 Å². The number of hydrogen-bond acceptors (Lipinski definition) is 7. The number of aromatic nitrogens is 2. The fourth-order valence-electron chi connectivity index (χ4n) is 2.56. The van der Waals surface area contributed by atoms with E-state index in [1.54, 1.807) is 18.2 Å². The van der Waals surface area contributed by atoms with Crippen molar-refractivity contribution in [3.8, 4) is 0 Å². The molecule has 3 N–H and O–H groups in total. The van der Waals surface area contributed by atoms with Crippen LogP contribution >= 0.6 is 11.6 Å². The first-order chi connectivity index (χ1) is 14.0. The summed E-state index contributed by atoms with van der Waals surface area (Å²) in [6.07, 6.45) is 1.84. The summed E-state index contributed by atoms with van der Waals surface area (Å²) in [4.78, 5) is 31.0. The standard InChI is InChI=1S/C19H17ClN6O3/c20-15-8-4-7-14(11-15)19(27)25-24-18-16(26(28)29)17(22-12-23-18)21-10-9-13-5-2-1-3-6-13/h1-8,11-12H,9-10H2,(H,25,27)(H2,21,22,23,24). The third kappa shape index (κ3) is 5.39. The summed E-state index contributed by atoms with van der Waals surface area (Å²) in [5.41, 5.74) is 5.87. The highest BCUT2D eigenvalue weighted by molar-refractivity contribution is 6.30. The lowest BCUT2D eigenvalue weighted by molar-refractivity contribution is -0.383. The third-order valence-electron chi connectivity index (χ3n) is 3.94. The zero-order chi connectivity index (χ0) is 20.6. The predicted molar refractivity (Wildman–Crippen MR) is 110 cm³/mol. The van der Waals surface area contributed by atoms with E-state index in [-0.39, 0.29) is 17.3 Å². The van der Waals surface area contributed by atoms with Crippen molar-refractivity contribution in [1.29, 1.82) is 0 Å². The molecule has 0 aliphatic heterocycles. The Morgan fingerprint density at radius 3 is 2.55 bits per heavy atom. The molecule has 0 saturated carbocycles. The van der Waals surface area contributed by atoms with Crippen LogP contribution in [0.15, 0.2) is 60.9 Å². The molecule has 1 amide bonds. The lowest BCUT2D eigenvalue weighted by atomic mass is 10.1. The first kappa shape index (κ1) is 20.0. The molecule has 9 nitrogen and oxygen atoms in total. The van der Waals surface area contributed by atoms with Crippen LogP contribution in [0.4, 0.5) is 17.3 Å². The Bertz CT molecular complexity index is 1020. The molecule has 0 bridgehead atoms. The topological polar surface area (TPSA) is 122 Å². The highest BCUT2D eigenvalue weighted by Crippen LogP contribution is 2.28. The molecule has 1 aromatic heterocycles. The normalized spacial score (nSPS) is 10.2. The van der Waals surface area contributed by atoms with Crippen LogP contribution in [0.3, 0.4) is 0 Å². The minimum absolute atomic E-state index is 0.0560. The second-order valence-electron chi connectivity index (χ2n) is 5.93. The van der Waals surface area contributed by atoms with Crippen LogP contribution in [-0.4, -0.2) is 27.3 Å². The van der Waals surface area contributed by atoms with E-state index >= 15 is 0 Å². The fraction of sp³-hybridized carbons (Fsp3) is 0.105. The molecule has 2 aromatic carbocycles. The average Bonchev–Trinajstić information content (AvgIpc) is 2.72. The summed E-state index contributed by atoms with van der Waals surface area (Å²) in [7, 11) is 0. The van der Waals surface area contributed by atoms with Crippen molar-refractivity contribution in [1.82, 2.24) is 15.4 Å². The largest absolute Gasteiger partial charge is 0.364 e. The lowest BCUT2D eigenvalue weighted by Crippen LogP contribution is -2.30. The monoisotopic (exact) mass is 412 g/mol. The van der Waals surface area contributed by atoms with E-state index < -0.39 is 10.8 Å². The van der Waals surface area contributed by atoms with Crippen LogP contribution in [0, 0.1) is 10.1 Å². The Morgan fingerprint density at radius 1 is 1.07 bits per heavy atom. The van der Waals surface area contributed by atoms with Gasteiger partial charge in [0.1, 0.15) is 6.33 Å². The molecule has 0 aliphatic rings. The molecule has 0 aliphatic carbocycles. The van der Waals surface area contributed by atoms with Crippen molar-refractivity contribution in [3.05, 3.63) is 87.2 Å². The quantitative estimate of drug-likeness (QED) is 0.382. The van der Waals surface area contributed by atoms with Gasteiger partial charge in [0.25, 0.3) is 5.91 Å². The van der Waals surface area contributed by atoms with Crippen molar-refractivity contribution in [2.24, 2.45) is 0 Å². The fourth-order valence-corrected chi connectivity index (χ4v) is 2.75. The number of nitrogens with zero attached hydrogens (tertiary/aromatic N) is 3. The van der Waals surface area contributed by atoms with E-state index in [0.717, 1.165) is 5.56 Å². The number of benzene rings is 2. The predicted octanol–water partition coefficient (Wildman–Crippen LogP) is 3.45. The second-order valence-corrected chi connectivity index (χ2v) is 6.36. The Hall–Kier alpha value is -3.72. The van der Waals surface area contributed by atoms with E-state index in [9.17, 15) is 14.9 Å². The van der Waals surface area contributed by atoms with Crippen molar-refractivity contribution < 1.29 is 9.72 Å². The number of nitrogens with one attached hydrogen (secondary N) is 3. The van der Waals surface area contributed by atoms with Gasteiger partial charge in [0.2, 0.25) is 11.6 Å². The van der Waals surface area contributed by atoms with E-state index in [1.807, 2.05) is 30.3 Å². The first-order valence-corrected chi connectivity index (χ1v) is 9.01. The molecular weight excluding hydrogens is 396 g/mol. The number of carbonyl (C=O) groups excluding carboxylic acids is 1. The van der Waals surface area contributed by atoms with Crippen LogP contribution in [0.5, 0.6) is 0 Å². The number of halogens is 1. The van der Waals surface area contributed by atoms with Gasteiger partial charge in [-0.3, -0.25) is 25.8 Å². The number of hydrogen-bond donors (Lipinski definition) is 3. The molecule has 1 heterocycles. The highest BCUT2D eigenvalue weighted by atomic mass is 35.5. The van der Waals surface area contributed by atoms with Gasteiger partial charge >= 0.3 is 5.69 Å². The molecule has 0 unspecified atom stereocenters. The molecule has 29 heavy (non-hydrogen) atoms. The summed E-state index contributed by atoms with van der Waals surface area (Å²) in [6, 6.07) is 16.0. The van der Waals surface area contributed by atoms with Gasteiger partial charge < -0.3 is 5.32 Å². The minimum Gasteiger partial charge on any atom is -0.364 e. The van der Waals surface area contributed by atoms with Crippen LogP contribution < -0.4 is 16.2 Å². The van der Waals surface area contributed by atoms with Crippen LogP contribution in [-0.2, 0) is 6.42 Å². The minimum atomic E-state index is -0.612. The summed E-state index contributed by atoms with van der Waals surface area (Å²) < 4.78 is 0. The molecule has 0 atom stereocenters. The van der Waals surface area contributed by atoms with Gasteiger partial charge in [-0.1, -0.05) is 48.0 Å². The molecule has 0 fully saturated rings. The van der Waals surface area contributed by atoms with Gasteiger partial charge in [-0.2, -0.15) is 0 Å². The summed E-state index contributed by atoms with van der Waals surface area (Å²) >= 11 is 5.87. The molecule has 0 spiro atoms. The van der Waals surface area contributed by atoms with Crippen LogP contribution in [0.2, 0.25) is 5.02 Å². The van der Waals surface area contributed by atoms with Gasteiger partial charge in [0.15, 0.2) is 0 Å². The molecule has 3 aromatic rings. The average molecular weight is 413 g/mol. The zero-order valence-corrected chi connectivity index (χ0v) is 15.9. The van der Waals surface area contributed by atoms with Crippen molar-refractivity contribution in [2.75, 3.05) is 17.3 Å². The Balaban J connectivity index is 1.69. The zero-order valence-electron chi connectivity index (χ0n) is 15.1. The van der Waals surface area contributed by atoms with Gasteiger partial charge in [-0.05, 0) is 30.2 Å². The maximum Gasteiger partial charge on any atom is 0.354 e. The van der Waals surface area contributed by atoms with Crippen LogP contribution in [0.1, 0.15) is 15.9 Å². The molecule has 3 rings (SSSR count). The summed E-state index contributed by atoms with van der Waals surface area (Å²) in [6.45, 7) is 0.441. The first-order valence-electron chi connectivity index (χ1n) is 8.63. The van der Waals surface area contributed by atoms with E-state index in [4.69, 9.17) is 11.6 Å². The molecule has 148 valence electrons. The summed E-state index contributed by atoms with van der Waals surface area (Å²) in [5, 5.41) is 14.9. The molecular formula is C19H17ClN6O3. The second kappa shape index (κ2) is 9.47. The number of rotatable bonds is 8. The highest BCUT2D eigenvalue weighted by Gasteiger charge is 2.23. The number of nitro groups is 1. The van der Waals surface area contributed by atoms with E-state index in [1.165, 1.54) is 12.4 Å². The number of amides is 1. The smallest absolute Gasteiger partial charge is 0.354 e. The van der Waals surface area contributed by atoms with Crippen molar-refractivity contribution >= 4 is 34.8 Å². The van der Waals surface area contributed by atoms with Gasteiger partial charge in [-0.25, -0.2) is 9.97 Å². The maximum absolute atomic E-state index is 12.2. The van der Waals surface area contributed by atoms with Crippen molar-refractivity contribution in [2.45, 2.75) is 6.42 Å². The molecule has 0 saturated heterocycles. The van der Waals surface area contributed by atoms with E-state index in [2.05, 4.69) is 26.1 Å². The Labute approximate surface area is 171 Å². The summed E-state index contributed by atoms with van der Waals surface area (Å²) in [5.74, 6) is -0.595. The Morgan fingerprint density at radius 2 is 1.83 bits per heavy atom. The lowest BCUT2D eigenvalue weighted by Gasteiger charge is -2.11. The molecule has 10 heteroatoms.